The molecular weight excluding hydrogens is 398 g/mol. The highest BCUT2D eigenvalue weighted by Crippen LogP contribution is 2.29. The van der Waals surface area contributed by atoms with Crippen molar-refractivity contribution in [2.75, 3.05) is 38.2 Å². The normalized spacial score (nSPS) is 15.1. The number of carbonyl (C=O) groups is 1. The fourth-order valence-corrected chi connectivity index (χ4v) is 4.51. The molecule has 0 spiro atoms. The van der Waals surface area contributed by atoms with E-state index in [0.717, 1.165) is 37.6 Å². The van der Waals surface area contributed by atoms with E-state index in [9.17, 15) is 4.79 Å². The second kappa shape index (κ2) is 9.21. The molecule has 0 aliphatic carbocycles. The smallest absolute Gasteiger partial charge is 0.236 e. The molecule has 1 atom stereocenters. The van der Waals surface area contributed by atoms with Gasteiger partial charge in [0.1, 0.15) is 12.1 Å². The molecule has 0 saturated carbocycles. The van der Waals surface area contributed by atoms with Gasteiger partial charge in [0, 0.05) is 31.9 Å². The van der Waals surface area contributed by atoms with E-state index in [1.807, 2.05) is 58.9 Å². The van der Waals surface area contributed by atoms with Gasteiger partial charge in [-0.1, -0.05) is 42.1 Å². The molecule has 0 unspecified atom stereocenters. The van der Waals surface area contributed by atoms with Crippen LogP contribution in [-0.4, -0.2) is 64.1 Å². The highest BCUT2D eigenvalue weighted by atomic mass is 32.2. The number of anilines is 1. The van der Waals surface area contributed by atoms with Gasteiger partial charge in [-0.25, -0.2) is 0 Å². The molecule has 2 heterocycles. The van der Waals surface area contributed by atoms with Gasteiger partial charge in [0.05, 0.1) is 18.0 Å². The lowest BCUT2D eigenvalue weighted by Gasteiger charge is -2.37. The van der Waals surface area contributed by atoms with Crippen molar-refractivity contribution < 1.29 is 9.53 Å². The molecule has 3 aromatic rings. The molecule has 0 radical (unpaired) electrons. The van der Waals surface area contributed by atoms with Gasteiger partial charge in [-0.05, 0) is 31.2 Å². The Labute approximate surface area is 180 Å². The van der Waals surface area contributed by atoms with Gasteiger partial charge in [-0.3, -0.25) is 9.36 Å². The van der Waals surface area contributed by atoms with E-state index >= 15 is 0 Å². The Kier molecular flexibility index (Phi) is 6.23. The Hall–Kier alpha value is -3.00. The quantitative estimate of drug-likeness (QED) is 0.568. The largest absolute Gasteiger partial charge is 0.495 e. The van der Waals surface area contributed by atoms with Gasteiger partial charge in [0.15, 0.2) is 5.16 Å². The predicted octanol–water partition coefficient (Wildman–Crippen LogP) is 3.11. The zero-order valence-corrected chi connectivity index (χ0v) is 18.0. The molecule has 1 aliphatic heterocycles. The molecule has 2 aromatic carbocycles. The fourth-order valence-electron chi connectivity index (χ4n) is 3.59. The number of nitrogens with zero attached hydrogens (tertiary/aromatic N) is 5. The predicted molar refractivity (Wildman–Crippen MR) is 118 cm³/mol. The van der Waals surface area contributed by atoms with Crippen molar-refractivity contribution >= 4 is 23.4 Å². The maximum absolute atomic E-state index is 13.0. The minimum Gasteiger partial charge on any atom is -0.495 e. The highest BCUT2D eigenvalue weighted by Gasteiger charge is 2.27. The van der Waals surface area contributed by atoms with Crippen LogP contribution < -0.4 is 9.64 Å². The summed E-state index contributed by atoms with van der Waals surface area (Å²) in [6.07, 6.45) is 1.65. The second-order valence-corrected chi connectivity index (χ2v) is 8.37. The summed E-state index contributed by atoms with van der Waals surface area (Å²) in [4.78, 5) is 17.3. The number of rotatable bonds is 6. The van der Waals surface area contributed by atoms with Crippen LogP contribution in [0.25, 0.3) is 5.69 Å². The van der Waals surface area contributed by atoms with Gasteiger partial charge >= 0.3 is 0 Å². The van der Waals surface area contributed by atoms with Crippen LogP contribution >= 0.6 is 11.8 Å². The first-order valence-electron chi connectivity index (χ1n) is 9.96. The topological polar surface area (TPSA) is 63.5 Å². The molecule has 7 nitrogen and oxygen atoms in total. The standard InChI is InChI=1S/C22H25N5O2S/c1-17(21(28)26-14-12-25(13-15-26)18-8-4-3-5-9-18)30-22-24-23-16-27(22)19-10-6-7-11-20(19)29-2/h3-11,16-17H,12-15H2,1-2H3/t17-/m0/s1. The van der Waals surface area contributed by atoms with Crippen LogP contribution in [0.3, 0.4) is 0 Å². The van der Waals surface area contributed by atoms with Crippen molar-refractivity contribution in [1.82, 2.24) is 19.7 Å². The average molecular weight is 424 g/mol. The van der Waals surface area contributed by atoms with Crippen molar-refractivity contribution in [2.24, 2.45) is 0 Å². The van der Waals surface area contributed by atoms with Gasteiger partial charge in [0.25, 0.3) is 0 Å². The molecule has 0 N–H and O–H groups in total. The van der Waals surface area contributed by atoms with Crippen LogP contribution in [0.5, 0.6) is 5.75 Å². The molecule has 30 heavy (non-hydrogen) atoms. The van der Waals surface area contributed by atoms with E-state index in [0.29, 0.717) is 5.16 Å². The Bertz CT molecular complexity index is 986. The van der Waals surface area contributed by atoms with Crippen molar-refractivity contribution in [1.29, 1.82) is 0 Å². The van der Waals surface area contributed by atoms with Gasteiger partial charge in [-0.15, -0.1) is 10.2 Å². The molecule has 1 aliphatic rings. The van der Waals surface area contributed by atoms with E-state index in [4.69, 9.17) is 4.74 Å². The Morgan fingerprint density at radius 1 is 1.03 bits per heavy atom. The molecule has 4 rings (SSSR count). The summed E-state index contributed by atoms with van der Waals surface area (Å²) < 4.78 is 7.31. The summed E-state index contributed by atoms with van der Waals surface area (Å²) in [5, 5.41) is 8.69. The molecule has 8 heteroatoms. The average Bonchev–Trinajstić information content (AvgIpc) is 3.27. The van der Waals surface area contributed by atoms with Gasteiger partial charge in [0.2, 0.25) is 5.91 Å². The summed E-state index contributed by atoms with van der Waals surface area (Å²) in [7, 11) is 1.64. The van der Waals surface area contributed by atoms with Crippen LogP contribution in [0.2, 0.25) is 0 Å². The second-order valence-electron chi connectivity index (χ2n) is 7.06. The third kappa shape index (κ3) is 4.28. The van der Waals surface area contributed by atoms with Crippen LogP contribution in [-0.2, 0) is 4.79 Å². The zero-order chi connectivity index (χ0) is 20.9. The van der Waals surface area contributed by atoms with Crippen molar-refractivity contribution in [3.05, 3.63) is 60.9 Å². The summed E-state index contributed by atoms with van der Waals surface area (Å²) >= 11 is 1.42. The van der Waals surface area contributed by atoms with Crippen molar-refractivity contribution in [3.63, 3.8) is 0 Å². The van der Waals surface area contributed by atoms with Crippen LogP contribution in [0.15, 0.2) is 66.1 Å². The molecule has 1 fully saturated rings. The number of hydrogen-bond donors (Lipinski definition) is 0. The third-order valence-corrected chi connectivity index (χ3v) is 6.25. The van der Waals surface area contributed by atoms with E-state index in [1.54, 1.807) is 13.4 Å². The summed E-state index contributed by atoms with van der Waals surface area (Å²) in [5.74, 6) is 0.859. The minimum absolute atomic E-state index is 0.127. The van der Waals surface area contributed by atoms with E-state index in [-0.39, 0.29) is 11.2 Å². The first-order valence-corrected chi connectivity index (χ1v) is 10.8. The molecular formula is C22H25N5O2S. The van der Waals surface area contributed by atoms with Gasteiger partial charge < -0.3 is 14.5 Å². The van der Waals surface area contributed by atoms with Gasteiger partial charge in [-0.2, -0.15) is 0 Å². The lowest BCUT2D eigenvalue weighted by Crippen LogP contribution is -2.50. The zero-order valence-electron chi connectivity index (χ0n) is 17.1. The lowest BCUT2D eigenvalue weighted by molar-refractivity contribution is -0.130. The van der Waals surface area contributed by atoms with Crippen LogP contribution in [0.4, 0.5) is 5.69 Å². The molecule has 1 aromatic heterocycles. The van der Waals surface area contributed by atoms with Crippen molar-refractivity contribution in [3.8, 4) is 11.4 Å². The van der Waals surface area contributed by atoms with E-state index in [1.165, 1.54) is 17.4 Å². The highest BCUT2D eigenvalue weighted by molar-refractivity contribution is 8.00. The number of thioether (sulfide) groups is 1. The summed E-state index contributed by atoms with van der Waals surface area (Å²) in [5.41, 5.74) is 2.06. The third-order valence-electron chi connectivity index (χ3n) is 5.20. The number of aromatic nitrogens is 3. The number of carbonyl (C=O) groups excluding carboxylic acids is 1. The van der Waals surface area contributed by atoms with E-state index in [2.05, 4.69) is 27.2 Å². The number of piperazine rings is 1. The maximum Gasteiger partial charge on any atom is 0.236 e. The van der Waals surface area contributed by atoms with Crippen LogP contribution in [0.1, 0.15) is 6.92 Å². The first kappa shape index (κ1) is 20.3. The summed E-state index contributed by atoms with van der Waals surface area (Å²) in [6, 6.07) is 18.0. The lowest BCUT2D eigenvalue weighted by atomic mass is 10.2. The molecule has 1 amide bonds. The van der Waals surface area contributed by atoms with Crippen LogP contribution in [0, 0.1) is 0 Å². The number of amides is 1. The maximum atomic E-state index is 13.0. The Morgan fingerprint density at radius 3 is 2.47 bits per heavy atom. The summed E-state index contributed by atoms with van der Waals surface area (Å²) in [6.45, 7) is 5.04. The number of ether oxygens (including phenoxy) is 1. The number of para-hydroxylation sites is 3. The number of methoxy groups -OCH3 is 1. The monoisotopic (exact) mass is 423 g/mol. The minimum atomic E-state index is -0.258. The Morgan fingerprint density at radius 2 is 1.73 bits per heavy atom. The first-order chi connectivity index (χ1) is 14.7. The Balaban J connectivity index is 1.40. The molecule has 156 valence electrons. The molecule has 1 saturated heterocycles. The van der Waals surface area contributed by atoms with Crippen molar-refractivity contribution in [2.45, 2.75) is 17.3 Å². The number of hydrogen-bond acceptors (Lipinski definition) is 6. The number of benzene rings is 2. The SMILES string of the molecule is COc1ccccc1-n1cnnc1S[C@@H](C)C(=O)N1CCN(c2ccccc2)CC1. The fraction of sp³-hybridized carbons (Fsp3) is 0.318. The molecule has 0 bridgehead atoms. The van der Waals surface area contributed by atoms with E-state index < -0.39 is 0 Å².